The first-order chi connectivity index (χ1) is 9.78. The number of hydrogen-bond acceptors (Lipinski definition) is 3. The lowest BCUT2D eigenvalue weighted by Crippen LogP contribution is -2.13. The van der Waals surface area contributed by atoms with Crippen LogP contribution in [0.2, 0.25) is 5.02 Å². The normalized spacial score (nSPS) is 16.1. The lowest BCUT2D eigenvalue weighted by atomic mass is 10.0. The fourth-order valence-electron chi connectivity index (χ4n) is 2.36. The van der Waals surface area contributed by atoms with E-state index in [-0.39, 0.29) is 0 Å². The monoisotopic (exact) mass is 284 g/mol. The second-order valence-electron chi connectivity index (χ2n) is 4.73. The minimum atomic E-state index is 0.334. The second kappa shape index (κ2) is 5.44. The fraction of sp³-hybridized carbons (Fsp3) is 0.188. The zero-order valence-corrected chi connectivity index (χ0v) is 11.5. The highest BCUT2D eigenvalue weighted by Gasteiger charge is 2.23. The Bertz CT molecular complexity index is 678. The maximum atomic E-state index is 8.85. The summed E-state index contributed by atoms with van der Waals surface area (Å²) in [7, 11) is 0. The number of nitriles is 1. The third-order valence-electron chi connectivity index (χ3n) is 3.44. The van der Waals surface area contributed by atoms with Gasteiger partial charge in [0.25, 0.3) is 0 Å². The van der Waals surface area contributed by atoms with Crippen LogP contribution in [0.1, 0.15) is 17.0 Å². The van der Waals surface area contributed by atoms with Crippen molar-refractivity contribution in [2.24, 2.45) is 0 Å². The van der Waals surface area contributed by atoms with Gasteiger partial charge in [-0.25, -0.2) is 0 Å². The van der Waals surface area contributed by atoms with Crippen molar-refractivity contribution in [3.05, 3.63) is 58.6 Å². The Morgan fingerprint density at radius 1 is 1.30 bits per heavy atom. The molecule has 0 amide bonds. The lowest BCUT2D eigenvalue weighted by Gasteiger charge is -2.12. The molecule has 1 unspecified atom stereocenters. The van der Waals surface area contributed by atoms with E-state index in [0.717, 1.165) is 18.0 Å². The molecule has 0 fully saturated rings. The van der Waals surface area contributed by atoms with Crippen molar-refractivity contribution in [2.45, 2.75) is 5.92 Å². The molecule has 0 bridgehead atoms. The number of nitrogens with one attached hydrogen (secondary N) is 1. The molecule has 100 valence electrons. The minimum absolute atomic E-state index is 0.334. The average molecular weight is 285 g/mol. The molecule has 1 aliphatic rings. The number of benzene rings is 2. The molecule has 1 aliphatic heterocycles. The molecule has 0 saturated carbocycles. The van der Waals surface area contributed by atoms with Gasteiger partial charge in [0.05, 0.1) is 17.2 Å². The molecule has 0 aliphatic carbocycles. The average Bonchev–Trinajstić information content (AvgIpc) is 2.88. The molecular weight excluding hydrogens is 272 g/mol. The number of ether oxygens (including phenoxy) is 1. The molecule has 1 atom stereocenters. The van der Waals surface area contributed by atoms with Crippen molar-refractivity contribution >= 4 is 17.3 Å². The molecule has 0 radical (unpaired) electrons. The van der Waals surface area contributed by atoms with Crippen LogP contribution in [0.15, 0.2) is 42.5 Å². The molecule has 0 spiro atoms. The van der Waals surface area contributed by atoms with Gasteiger partial charge in [-0.05, 0) is 24.3 Å². The maximum absolute atomic E-state index is 8.85. The third kappa shape index (κ3) is 2.43. The Morgan fingerprint density at radius 3 is 2.95 bits per heavy atom. The molecule has 20 heavy (non-hydrogen) atoms. The van der Waals surface area contributed by atoms with E-state index in [4.69, 9.17) is 21.6 Å². The summed E-state index contributed by atoms with van der Waals surface area (Å²) in [5.74, 6) is 1.30. The zero-order chi connectivity index (χ0) is 13.9. The first-order valence-corrected chi connectivity index (χ1v) is 6.81. The van der Waals surface area contributed by atoms with Gasteiger partial charge in [0.1, 0.15) is 11.8 Å². The van der Waals surface area contributed by atoms with Crippen molar-refractivity contribution in [3.63, 3.8) is 0 Å². The largest absolute Gasteiger partial charge is 0.493 e. The highest BCUT2D eigenvalue weighted by atomic mass is 35.5. The smallest absolute Gasteiger partial charge is 0.122 e. The first-order valence-electron chi connectivity index (χ1n) is 6.43. The standard InChI is InChI=1S/C16H13ClN2O/c17-15-7-13(6-5-11(15)8-18)19-9-12-10-20-16-4-2-1-3-14(12)16/h1-7,12,19H,9-10H2. The van der Waals surface area contributed by atoms with Crippen LogP contribution in [0.5, 0.6) is 5.75 Å². The van der Waals surface area contributed by atoms with E-state index in [2.05, 4.69) is 17.5 Å². The maximum Gasteiger partial charge on any atom is 0.122 e. The summed E-state index contributed by atoms with van der Waals surface area (Å²) in [5, 5.41) is 12.7. The summed E-state index contributed by atoms with van der Waals surface area (Å²) in [6.07, 6.45) is 0. The van der Waals surface area contributed by atoms with E-state index >= 15 is 0 Å². The number of halogens is 1. The number of anilines is 1. The van der Waals surface area contributed by atoms with E-state index < -0.39 is 0 Å². The van der Waals surface area contributed by atoms with E-state index in [1.54, 1.807) is 12.1 Å². The number of nitrogens with zero attached hydrogens (tertiary/aromatic N) is 1. The summed E-state index contributed by atoms with van der Waals surface area (Å²) in [5.41, 5.74) is 2.64. The second-order valence-corrected chi connectivity index (χ2v) is 5.14. The minimum Gasteiger partial charge on any atom is -0.493 e. The van der Waals surface area contributed by atoms with Crippen LogP contribution < -0.4 is 10.1 Å². The van der Waals surface area contributed by atoms with Gasteiger partial charge >= 0.3 is 0 Å². The number of rotatable bonds is 3. The predicted octanol–water partition coefficient (Wildman–Crippen LogP) is 3.80. The summed E-state index contributed by atoms with van der Waals surface area (Å²) < 4.78 is 5.65. The van der Waals surface area contributed by atoms with E-state index in [1.807, 2.05) is 24.3 Å². The molecular formula is C16H13ClN2O. The Balaban J connectivity index is 1.69. The van der Waals surface area contributed by atoms with Crippen molar-refractivity contribution in [3.8, 4) is 11.8 Å². The van der Waals surface area contributed by atoms with Gasteiger partial charge in [0, 0.05) is 23.7 Å². The van der Waals surface area contributed by atoms with E-state index in [0.29, 0.717) is 23.1 Å². The van der Waals surface area contributed by atoms with Crippen LogP contribution in [0.4, 0.5) is 5.69 Å². The van der Waals surface area contributed by atoms with Gasteiger partial charge in [-0.1, -0.05) is 29.8 Å². The van der Waals surface area contributed by atoms with Crippen LogP contribution >= 0.6 is 11.6 Å². The summed E-state index contributed by atoms with van der Waals surface area (Å²) >= 11 is 6.02. The van der Waals surface area contributed by atoms with Gasteiger partial charge in [0.2, 0.25) is 0 Å². The van der Waals surface area contributed by atoms with E-state index in [1.165, 1.54) is 5.56 Å². The summed E-state index contributed by atoms with van der Waals surface area (Å²) in [6, 6.07) is 15.5. The van der Waals surface area contributed by atoms with Crippen LogP contribution in [0.25, 0.3) is 0 Å². The molecule has 1 heterocycles. The SMILES string of the molecule is N#Cc1ccc(NCC2COc3ccccc32)cc1Cl. The van der Waals surface area contributed by atoms with Crippen LogP contribution in [-0.2, 0) is 0 Å². The van der Waals surface area contributed by atoms with Crippen molar-refractivity contribution < 1.29 is 4.74 Å². The van der Waals surface area contributed by atoms with E-state index in [9.17, 15) is 0 Å². The molecule has 3 rings (SSSR count). The third-order valence-corrected chi connectivity index (χ3v) is 3.75. The molecule has 3 nitrogen and oxygen atoms in total. The zero-order valence-electron chi connectivity index (χ0n) is 10.8. The topological polar surface area (TPSA) is 45.0 Å². The van der Waals surface area contributed by atoms with Crippen molar-refractivity contribution in [1.29, 1.82) is 5.26 Å². The van der Waals surface area contributed by atoms with Gasteiger partial charge in [-0.3, -0.25) is 0 Å². The lowest BCUT2D eigenvalue weighted by molar-refractivity contribution is 0.334. The predicted molar refractivity (Wildman–Crippen MR) is 79.3 cm³/mol. The van der Waals surface area contributed by atoms with Crippen molar-refractivity contribution in [1.82, 2.24) is 0 Å². The molecule has 0 aromatic heterocycles. The Kier molecular flexibility index (Phi) is 3.49. The summed E-state index contributed by atoms with van der Waals surface area (Å²) in [6.45, 7) is 1.47. The first kappa shape index (κ1) is 12.8. The van der Waals surface area contributed by atoms with Gasteiger partial charge in [0.15, 0.2) is 0 Å². The summed E-state index contributed by atoms with van der Waals surface area (Å²) in [4.78, 5) is 0. The molecule has 0 saturated heterocycles. The number of fused-ring (bicyclic) bond motifs is 1. The molecule has 2 aromatic carbocycles. The van der Waals surface area contributed by atoms with Crippen LogP contribution in [0, 0.1) is 11.3 Å². The van der Waals surface area contributed by atoms with Crippen molar-refractivity contribution in [2.75, 3.05) is 18.5 Å². The molecule has 2 aromatic rings. The molecule has 1 N–H and O–H groups in total. The van der Waals surface area contributed by atoms with Crippen LogP contribution in [0.3, 0.4) is 0 Å². The van der Waals surface area contributed by atoms with Gasteiger partial charge in [-0.15, -0.1) is 0 Å². The quantitative estimate of drug-likeness (QED) is 0.932. The fourth-order valence-corrected chi connectivity index (χ4v) is 2.58. The molecule has 4 heteroatoms. The highest BCUT2D eigenvalue weighted by Crippen LogP contribution is 2.33. The Morgan fingerprint density at radius 2 is 2.15 bits per heavy atom. The van der Waals surface area contributed by atoms with Crippen LogP contribution in [-0.4, -0.2) is 13.2 Å². The van der Waals surface area contributed by atoms with Gasteiger partial charge < -0.3 is 10.1 Å². The van der Waals surface area contributed by atoms with Gasteiger partial charge in [-0.2, -0.15) is 5.26 Å². The Labute approximate surface area is 122 Å². The number of hydrogen-bond donors (Lipinski definition) is 1. The Hall–Kier alpha value is -2.18. The number of para-hydroxylation sites is 1. The highest BCUT2D eigenvalue weighted by molar-refractivity contribution is 6.32.